The number of carbonyl (C=O) groups excluding carboxylic acids is 1. The highest BCUT2D eigenvalue weighted by Gasteiger charge is 2.16. The molecule has 0 fully saturated rings. The van der Waals surface area contributed by atoms with E-state index in [-0.39, 0.29) is 11.9 Å². The van der Waals surface area contributed by atoms with E-state index in [1.54, 1.807) is 0 Å². The lowest BCUT2D eigenvalue weighted by Gasteiger charge is -2.12. The number of esters is 1. The maximum atomic E-state index is 11.4. The smallest absolute Gasteiger partial charge is 0.308 e. The molecule has 0 saturated heterocycles. The molecular formula is C14H26O2. The van der Waals surface area contributed by atoms with Crippen molar-refractivity contribution in [3.63, 3.8) is 0 Å². The van der Waals surface area contributed by atoms with Crippen LogP contribution in [0.4, 0.5) is 0 Å². The van der Waals surface area contributed by atoms with E-state index >= 15 is 0 Å². The van der Waals surface area contributed by atoms with Gasteiger partial charge in [-0.2, -0.15) is 0 Å². The third kappa shape index (κ3) is 7.49. The lowest BCUT2D eigenvalue weighted by molar-refractivity contribution is -0.146. The molecule has 0 rings (SSSR count). The normalized spacial score (nSPS) is 12.9. The van der Waals surface area contributed by atoms with Crippen LogP contribution in [0.2, 0.25) is 0 Å². The molecule has 2 heteroatoms. The Morgan fingerprint density at radius 2 is 1.81 bits per heavy atom. The van der Waals surface area contributed by atoms with Gasteiger partial charge in [0.15, 0.2) is 0 Å². The zero-order valence-electron chi connectivity index (χ0n) is 11.0. The van der Waals surface area contributed by atoms with E-state index in [0.717, 1.165) is 38.5 Å². The number of rotatable bonds is 9. The summed E-state index contributed by atoms with van der Waals surface area (Å²) < 4.78 is 4.80. The molecule has 0 bridgehead atoms. The first-order valence-electron chi connectivity index (χ1n) is 6.49. The Labute approximate surface area is 100 Å². The van der Waals surface area contributed by atoms with Crippen molar-refractivity contribution < 1.29 is 9.53 Å². The van der Waals surface area contributed by atoms with Crippen molar-refractivity contribution in [1.82, 2.24) is 0 Å². The van der Waals surface area contributed by atoms with Crippen molar-refractivity contribution in [3.8, 4) is 0 Å². The SMILES string of the molecule is CCC/C=C/CCCC(CCC)C(=O)OC. The molecule has 0 spiro atoms. The molecule has 1 unspecified atom stereocenters. The number of unbranched alkanes of at least 4 members (excludes halogenated alkanes) is 2. The Hall–Kier alpha value is -0.790. The van der Waals surface area contributed by atoms with Gasteiger partial charge in [0.25, 0.3) is 0 Å². The minimum absolute atomic E-state index is 0.0422. The second-order valence-electron chi connectivity index (χ2n) is 4.20. The second kappa shape index (κ2) is 10.7. The summed E-state index contributed by atoms with van der Waals surface area (Å²) in [5, 5.41) is 0. The van der Waals surface area contributed by atoms with E-state index in [1.807, 2.05) is 0 Å². The molecule has 0 radical (unpaired) electrons. The average molecular weight is 226 g/mol. The summed E-state index contributed by atoms with van der Waals surface area (Å²) >= 11 is 0. The van der Waals surface area contributed by atoms with Crippen molar-refractivity contribution in [2.24, 2.45) is 5.92 Å². The van der Waals surface area contributed by atoms with Crippen LogP contribution in [0, 0.1) is 5.92 Å². The Bertz CT molecular complexity index is 197. The van der Waals surface area contributed by atoms with Crippen LogP contribution in [-0.4, -0.2) is 13.1 Å². The number of methoxy groups -OCH3 is 1. The van der Waals surface area contributed by atoms with Crippen LogP contribution in [0.1, 0.15) is 58.8 Å². The van der Waals surface area contributed by atoms with Gasteiger partial charge in [-0.25, -0.2) is 0 Å². The van der Waals surface area contributed by atoms with Gasteiger partial charge in [0.05, 0.1) is 13.0 Å². The topological polar surface area (TPSA) is 26.3 Å². The number of carbonyl (C=O) groups is 1. The van der Waals surface area contributed by atoms with Crippen molar-refractivity contribution in [1.29, 1.82) is 0 Å². The van der Waals surface area contributed by atoms with Crippen LogP contribution >= 0.6 is 0 Å². The fourth-order valence-corrected chi connectivity index (χ4v) is 1.78. The van der Waals surface area contributed by atoms with Crippen molar-refractivity contribution in [2.75, 3.05) is 7.11 Å². The number of hydrogen-bond acceptors (Lipinski definition) is 2. The molecule has 0 heterocycles. The highest BCUT2D eigenvalue weighted by molar-refractivity contribution is 5.72. The van der Waals surface area contributed by atoms with Crippen molar-refractivity contribution >= 4 is 5.97 Å². The van der Waals surface area contributed by atoms with E-state index in [0.29, 0.717) is 0 Å². The van der Waals surface area contributed by atoms with Gasteiger partial charge in [0.2, 0.25) is 0 Å². The molecule has 0 aromatic rings. The Morgan fingerprint density at radius 3 is 2.38 bits per heavy atom. The van der Waals surface area contributed by atoms with Gasteiger partial charge in [0.1, 0.15) is 0 Å². The van der Waals surface area contributed by atoms with Crippen molar-refractivity contribution in [3.05, 3.63) is 12.2 Å². The molecule has 0 aliphatic carbocycles. The minimum Gasteiger partial charge on any atom is -0.469 e. The lowest BCUT2D eigenvalue weighted by atomic mass is 9.97. The van der Waals surface area contributed by atoms with Gasteiger partial charge in [-0.15, -0.1) is 0 Å². The summed E-state index contributed by atoms with van der Waals surface area (Å²) in [4.78, 5) is 11.4. The van der Waals surface area contributed by atoms with E-state index in [2.05, 4.69) is 26.0 Å². The first-order valence-corrected chi connectivity index (χ1v) is 6.49. The molecule has 0 aromatic heterocycles. The summed E-state index contributed by atoms with van der Waals surface area (Å²) in [7, 11) is 1.48. The number of hydrogen-bond donors (Lipinski definition) is 0. The van der Waals surface area contributed by atoms with Gasteiger partial charge >= 0.3 is 5.97 Å². The second-order valence-corrected chi connectivity index (χ2v) is 4.20. The van der Waals surface area contributed by atoms with Gasteiger partial charge in [-0.1, -0.05) is 38.8 Å². The molecule has 0 aliphatic heterocycles. The van der Waals surface area contributed by atoms with Crippen LogP contribution < -0.4 is 0 Å². The molecule has 0 amide bonds. The summed E-state index contributed by atoms with van der Waals surface area (Å²) in [6.45, 7) is 4.29. The third-order valence-electron chi connectivity index (χ3n) is 2.72. The maximum Gasteiger partial charge on any atom is 0.308 e. The zero-order chi connectivity index (χ0) is 12.2. The van der Waals surface area contributed by atoms with E-state index < -0.39 is 0 Å². The van der Waals surface area contributed by atoms with Gasteiger partial charge in [-0.05, 0) is 32.1 Å². The van der Waals surface area contributed by atoms with Crippen molar-refractivity contribution in [2.45, 2.75) is 58.8 Å². The van der Waals surface area contributed by atoms with Crippen LogP contribution in [-0.2, 0) is 9.53 Å². The third-order valence-corrected chi connectivity index (χ3v) is 2.72. The first-order chi connectivity index (χ1) is 7.76. The highest BCUT2D eigenvalue weighted by atomic mass is 16.5. The quantitative estimate of drug-likeness (QED) is 0.336. The summed E-state index contributed by atoms with van der Waals surface area (Å²) in [5.74, 6) is 0.0639. The number of allylic oxidation sites excluding steroid dienone is 2. The van der Waals surface area contributed by atoms with Crippen LogP contribution in [0.3, 0.4) is 0 Å². The lowest BCUT2D eigenvalue weighted by Crippen LogP contribution is -2.15. The fourth-order valence-electron chi connectivity index (χ4n) is 1.78. The van der Waals surface area contributed by atoms with E-state index in [9.17, 15) is 4.79 Å². The van der Waals surface area contributed by atoms with Gasteiger partial charge < -0.3 is 4.74 Å². The first kappa shape index (κ1) is 15.2. The molecule has 94 valence electrons. The molecule has 0 aliphatic rings. The minimum atomic E-state index is -0.0422. The Morgan fingerprint density at radius 1 is 1.12 bits per heavy atom. The summed E-state index contributed by atoms with van der Waals surface area (Å²) in [6.07, 6.45) is 11.9. The predicted octanol–water partition coefficient (Wildman–Crippen LogP) is 4.10. The monoisotopic (exact) mass is 226 g/mol. The molecule has 0 saturated carbocycles. The average Bonchev–Trinajstić information content (AvgIpc) is 2.31. The molecule has 16 heavy (non-hydrogen) atoms. The fraction of sp³-hybridized carbons (Fsp3) is 0.786. The van der Waals surface area contributed by atoms with E-state index in [1.165, 1.54) is 13.5 Å². The molecule has 0 aromatic carbocycles. The van der Waals surface area contributed by atoms with Crippen LogP contribution in [0.5, 0.6) is 0 Å². The molecular weight excluding hydrogens is 200 g/mol. The summed E-state index contributed by atoms with van der Waals surface area (Å²) in [6, 6.07) is 0. The predicted molar refractivity (Wildman–Crippen MR) is 68.3 cm³/mol. The van der Waals surface area contributed by atoms with Crippen LogP contribution in [0.15, 0.2) is 12.2 Å². The molecule has 1 atom stereocenters. The largest absolute Gasteiger partial charge is 0.469 e. The Balaban J connectivity index is 3.71. The van der Waals surface area contributed by atoms with Crippen LogP contribution in [0.25, 0.3) is 0 Å². The number of ether oxygens (including phenoxy) is 1. The van der Waals surface area contributed by atoms with Gasteiger partial charge in [0, 0.05) is 0 Å². The molecule has 0 N–H and O–H groups in total. The standard InChI is InChI=1S/C14H26O2/c1-4-6-7-8-9-10-12-13(11-5-2)14(15)16-3/h7-8,13H,4-6,9-12H2,1-3H3/b8-7+. The van der Waals surface area contributed by atoms with Gasteiger partial charge in [-0.3, -0.25) is 4.79 Å². The maximum absolute atomic E-state index is 11.4. The highest BCUT2D eigenvalue weighted by Crippen LogP contribution is 2.16. The summed E-state index contributed by atoms with van der Waals surface area (Å²) in [5.41, 5.74) is 0. The zero-order valence-corrected chi connectivity index (χ0v) is 11.0. The molecule has 2 nitrogen and oxygen atoms in total. The van der Waals surface area contributed by atoms with E-state index in [4.69, 9.17) is 4.74 Å². The Kier molecular flexibility index (Phi) is 10.2.